The maximum atomic E-state index is 11.7. The van der Waals surface area contributed by atoms with Crippen LogP contribution in [0.25, 0.3) is 0 Å². The summed E-state index contributed by atoms with van der Waals surface area (Å²) in [5.41, 5.74) is 5.61. The maximum Gasteiger partial charge on any atom is 0.330 e. The number of esters is 1. The van der Waals surface area contributed by atoms with Crippen molar-refractivity contribution in [2.24, 2.45) is 5.73 Å². The molecule has 0 amide bonds. The van der Waals surface area contributed by atoms with Gasteiger partial charge in [0.25, 0.3) is 0 Å². The minimum Gasteiger partial charge on any atom is -0.468 e. The van der Waals surface area contributed by atoms with Crippen LogP contribution >= 0.6 is 35.6 Å². The van der Waals surface area contributed by atoms with E-state index < -0.39 is 17.8 Å². The fourth-order valence-electron chi connectivity index (χ4n) is 1.06. The number of ketones is 1. The highest BCUT2D eigenvalue weighted by atomic mass is 35.5. The van der Waals surface area contributed by atoms with Gasteiger partial charge in [0.1, 0.15) is 0 Å². The monoisotopic (exact) mass is 297 g/mol. The van der Waals surface area contributed by atoms with Gasteiger partial charge in [-0.2, -0.15) is 0 Å². The summed E-state index contributed by atoms with van der Waals surface area (Å²) in [5.74, 6) is -1.36. The number of halogens is 3. The lowest BCUT2D eigenvalue weighted by Crippen LogP contribution is -2.39. The Morgan fingerprint density at radius 2 is 1.88 bits per heavy atom. The number of carbonyl (C=O) groups is 2. The number of hydrogen-bond acceptors (Lipinski definition) is 4. The molecular weight excluding hydrogens is 288 g/mol. The van der Waals surface area contributed by atoms with E-state index >= 15 is 0 Å². The van der Waals surface area contributed by atoms with Gasteiger partial charge in [-0.25, -0.2) is 4.79 Å². The van der Waals surface area contributed by atoms with Gasteiger partial charge in [-0.05, 0) is 18.2 Å². The van der Waals surface area contributed by atoms with Crippen LogP contribution in [-0.2, 0) is 9.53 Å². The number of ether oxygens (including phenoxy) is 1. The molecule has 94 valence electrons. The summed E-state index contributed by atoms with van der Waals surface area (Å²) in [6.45, 7) is 0. The second kappa shape index (κ2) is 6.81. The van der Waals surface area contributed by atoms with Crippen molar-refractivity contribution < 1.29 is 14.3 Å². The zero-order chi connectivity index (χ0) is 12.3. The number of hydrogen-bond donors (Lipinski definition) is 1. The Morgan fingerprint density at radius 1 is 1.29 bits per heavy atom. The topological polar surface area (TPSA) is 69.4 Å². The van der Waals surface area contributed by atoms with E-state index in [2.05, 4.69) is 4.74 Å². The third-order valence-corrected chi connectivity index (χ3v) is 2.68. The molecule has 7 heteroatoms. The smallest absolute Gasteiger partial charge is 0.330 e. The minimum absolute atomic E-state index is 0. The first-order valence-corrected chi connectivity index (χ1v) is 5.05. The van der Waals surface area contributed by atoms with E-state index in [4.69, 9.17) is 28.9 Å². The molecule has 1 rings (SSSR count). The molecule has 2 N–H and O–H groups in total. The van der Waals surface area contributed by atoms with Crippen LogP contribution in [0.1, 0.15) is 10.4 Å². The van der Waals surface area contributed by atoms with Crippen LogP contribution in [0.5, 0.6) is 0 Å². The van der Waals surface area contributed by atoms with Gasteiger partial charge in [-0.1, -0.05) is 23.2 Å². The minimum atomic E-state index is -1.35. The predicted octanol–water partition coefficient (Wildman–Crippen LogP) is 2.10. The van der Waals surface area contributed by atoms with Crippen LogP contribution < -0.4 is 5.73 Å². The van der Waals surface area contributed by atoms with E-state index in [1.807, 2.05) is 0 Å². The summed E-state index contributed by atoms with van der Waals surface area (Å²) in [5, 5.41) is 0.550. The van der Waals surface area contributed by atoms with E-state index in [0.717, 1.165) is 7.11 Å². The predicted molar refractivity (Wildman–Crippen MR) is 68.0 cm³/mol. The Bertz CT molecular complexity index is 437. The van der Waals surface area contributed by atoms with Crippen LogP contribution in [0, 0.1) is 0 Å². The molecule has 0 saturated carbocycles. The van der Waals surface area contributed by atoms with Crippen LogP contribution in [0.15, 0.2) is 18.2 Å². The van der Waals surface area contributed by atoms with Crippen molar-refractivity contribution in [2.45, 2.75) is 6.04 Å². The van der Waals surface area contributed by atoms with Crippen molar-refractivity contribution in [1.29, 1.82) is 0 Å². The molecule has 0 bridgehead atoms. The van der Waals surface area contributed by atoms with E-state index in [1.165, 1.54) is 18.2 Å². The van der Waals surface area contributed by atoms with Crippen molar-refractivity contribution in [3.63, 3.8) is 0 Å². The van der Waals surface area contributed by atoms with Gasteiger partial charge in [-0.15, -0.1) is 12.4 Å². The van der Waals surface area contributed by atoms with Crippen molar-refractivity contribution in [2.75, 3.05) is 7.11 Å². The molecule has 0 aliphatic heterocycles. The van der Waals surface area contributed by atoms with Crippen LogP contribution in [0.3, 0.4) is 0 Å². The van der Waals surface area contributed by atoms with Gasteiger partial charge in [0.15, 0.2) is 11.8 Å². The first kappa shape index (κ1) is 16.2. The van der Waals surface area contributed by atoms with Crippen molar-refractivity contribution in [3.8, 4) is 0 Å². The number of nitrogens with two attached hydrogens (primary N) is 1. The lowest BCUT2D eigenvalue weighted by atomic mass is 10.1. The number of Topliss-reactive ketones (excluding diaryl/α,β-unsaturated/α-hetero) is 1. The summed E-state index contributed by atoms with van der Waals surface area (Å²) >= 11 is 11.4. The number of rotatable bonds is 3. The SMILES string of the molecule is COC(=O)C(N)C(=O)c1ccc(Cl)c(Cl)c1.Cl. The molecule has 0 aliphatic carbocycles. The second-order valence-corrected chi connectivity index (χ2v) is 3.81. The van der Waals surface area contributed by atoms with Crippen molar-refractivity contribution in [3.05, 3.63) is 33.8 Å². The van der Waals surface area contributed by atoms with Crippen LogP contribution in [0.4, 0.5) is 0 Å². The first-order valence-electron chi connectivity index (χ1n) is 4.30. The largest absolute Gasteiger partial charge is 0.468 e. The van der Waals surface area contributed by atoms with E-state index in [1.54, 1.807) is 0 Å². The fourth-order valence-corrected chi connectivity index (χ4v) is 1.36. The van der Waals surface area contributed by atoms with Crippen LogP contribution in [-0.4, -0.2) is 24.9 Å². The average Bonchev–Trinajstić information content (AvgIpc) is 2.29. The molecule has 1 aromatic rings. The van der Waals surface area contributed by atoms with Crippen molar-refractivity contribution in [1.82, 2.24) is 0 Å². The van der Waals surface area contributed by atoms with E-state index in [-0.39, 0.29) is 23.0 Å². The summed E-state index contributed by atoms with van der Waals surface area (Å²) < 4.78 is 4.36. The third kappa shape index (κ3) is 3.85. The molecule has 1 atom stereocenters. The Labute approximate surface area is 114 Å². The summed E-state index contributed by atoms with van der Waals surface area (Å²) in [7, 11) is 1.16. The molecule has 1 unspecified atom stereocenters. The van der Waals surface area contributed by atoms with Crippen molar-refractivity contribution >= 4 is 47.4 Å². The normalized spacial score (nSPS) is 11.3. The second-order valence-electron chi connectivity index (χ2n) is 2.99. The lowest BCUT2D eigenvalue weighted by Gasteiger charge is -2.08. The summed E-state index contributed by atoms with van der Waals surface area (Å²) in [4.78, 5) is 22.7. The Morgan fingerprint density at radius 3 is 2.35 bits per heavy atom. The number of benzene rings is 1. The van der Waals surface area contributed by atoms with E-state index in [0.29, 0.717) is 5.02 Å². The highest BCUT2D eigenvalue weighted by Crippen LogP contribution is 2.23. The Kier molecular flexibility index (Phi) is 6.49. The molecule has 0 spiro atoms. The molecular formula is C10H10Cl3NO3. The van der Waals surface area contributed by atoms with Crippen LogP contribution in [0.2, 0.25) is 10.0 Å². The van der Waals surface area contributed by atoms with Gasteiger partial charge < -0.3 is 10.5 Å². The molecule has 0 aromatic heterocycles. The molecule has 0 aliphatic rings. The fraction of sp³-hybridized carbons (Fsp3) is 0.200. The number of methoxy groups -OCH3 is 1. The van der Waals surface area contributed by atoms with Gasteiger partial charge >= 0.3 is 5.97 Å². The summed E-state index contributed by atoms with van der Waals surface area (Å²) in [6, 6.07) is 2.91. The molecule has 4 nitrogen and oxygen atoms in total. The summed E-state index contributed by atoms with van der Waals surface area (Å²) in [6.07, 6.45) is 0. The Hall–Kier alpha value is -0.810. The zero-order valence-corrected chi connectivity index (χ0v) is 11.1. The number of carbonyl (C=O) groups excluding carboxylic acids is 2. The van der Waals surface area contributed by atoms with Gasteiger partial charge in [0, 0.05) is 5.56 Å². The Balaban J connectivity index is 0.00000256. The first-order chi connectivity index (χ1) is 7.47. The quantitative estimate of drug-likeness (QED) is 0.527. The lowest BCUT2D eigenvalue weighted by molar-refractivity contribution is -0.140. The highest BCUT2D eigenvalue weighted by molar-refractivity contribution is 6.42. The zero-order valence-electron chi connectivity index (χ0n) is 8.78. The molecule has 0 fully saturated rings. The van der Waals surface area contributed by atoms with Gasteiger partial charge in [-0.3, -0.25) is 4.79 Å². The highest BCUT2D eigenvalue weighted by Gasteiger charge is 2.24. The maximum absolute atomic E-state index is 11.7. The molecule has 0 radical (unpaired) electrons. The van der Waals surface area contributed by atoms with E-state index in [9.17, 15) is 9.59 Å². The standard InChI is InChI=1S/C10H9Cl2NO3.ClH/c1-16-10(15)8(13)9(14)5-2-3-6(11)7(12)4-5;/h2-4,8H,13H2,1H3;1H. The van der Waals surface area contributed by atoms with Gasteiger partial charge in [0.2, 0.25) is 0 Å². The van der Waals surface area contributed by atoms with Gasteiger partial charge in [0.05, 0.1) is 17.2 Å². The average molecular weight is 299 g/mol. The third-order valence-electron chi connectivity index (χ3n) is 1.94. The molecule has 0 saturated heterocycles. The molecule has 1 aromatic carbocycles. The molecule has 17 heavy (non-hydrogen) atoms. The molecule has 0 heterocycles.